The van der Waals surface area contributed by atoms with E-state index in [0.717, 1.165) is 15.8 Å². The van der Waals surface area contributed by atoms with Crippen LogP contribution >= 0.6 is 0 Å². The molecule has 9 heteroatoms. The SMILES string of the molecule is Cc1ccc(S(=O)(=O)N2CCN(C(=O)Cn3nc(-c4ccccc4)ccc3=O)CC2)cc1. The van der Waals surface area contributed by atoms with E-state index in [-0.39, 0.29) is 49.1 Å². The number of hydrogen-bond acceptors (Lipinski definition) is 5. The minimum atomic E-state index is -3.60. The van der Waals surface area contributed by atoms with Crippen LogP contribution in [0, 0.1) is 6.92 Å². The van der Waals surface area contributed by atoms with Gasteiger partial charge in [0.2, 0.25) is 15.9 Å². The van der Waals surface area contributed by atoms with E-state index < -0.39 is 10.0 Å². The van der Waals surface area contributed by atoms with E-state index in [2.05, 4.69) is 5.10 Å². The van der Waals surface area contributed by atoms with Crippen molar-refractivity contribution >= 4 is 15.9 Å². The average molecular weight is 453 g/mol. The summed E-state index contributed by atoms with van der Waals surface area (Å²) in [6.45, 7) is 2.64. The first-order valence-corrected chi connectivity index (χ1v) is 11.8. The molecule has 1 aliphatic heterocycles. The predicted octanol–water partition coefficient (Wildman–Crippen LogP) is 1.75. The van der Waals surface area contributed by atoms with Gasteiger partial charge in [0.05, 0.1) is 10.6 Å². The zero-order valence-electron chi connectivity index (χ0n) is 17.7. The molecule has 0 spiro atoms. The quantitative estimate of drug-likeness (QED) is 0.588. The van der Waals surface area contributed by atoms with Crippen LogP contribution in [0.25, 0.3) is 11.3 Å². The molecule has 166 valence electrons. The van der Waals surface area contributed by atoms with Crippen LogP contribution < -0.4 is 5.56 Å². The maximum absolute atomic E-state index is 12.8. The maximum atomic E-state index is 12.8. The van der Waals surface area contributed by atoms with Gasteiger partial charge in [-0.3, -0.25) is 9.59 Å². The second-order valence-corrected chi connectivity index (χ2v) is 9.62. The molecule has 1 aromatic heterocycles. The fraction of sp³-hybridized carbons (Fsp3) is 0.261. The second kappa shape index (κ2) is 9.05. The van der Waals surface area contributed by atoms with Crippen LogP contribution in [0.5, 0.6) is 0 Å². The summed E-state index contributed by atoms with van der Waals surface area (Å²) >= 11 is 0. The summed E-state index contributed by atoms with van der Waals surface area (Å²) in [4.78, 5) is 26.8. The summed E-state index contributed by atoms with van der Waals surface area (Å²) < 4.78 is 28.2. The lowest BCUT2D eigenvalue weighted by molar-refractivity contribution is -0.133. The molecular formula is C23H24N4O4S. The standard InChI is InChI=1S/C23H24N4O4S/c1-18-7-9-20(10-8-18)32(30,31)26-15-13-25(14-16-26)23(29)17-27-22(28)12-11-21(24-27)19-5-3-2-4-6-19/h2-12H,13-17H2,1H3. The molecule has 0 radical (unpaired) electrons. The zero-order chi connectivity index (χ0) is 22.7. The number of piperazine rings is 1. The van der Waals surface area contributed by atoms with E-state index in [9.17, 15) is 18.0 Å². The Morgan fingerprint density at radius 1 is 0.906 bits per heavy atom. The number of aryl methyl sites for hydroxylation is 1. The van der Waals surface area contributed by atoms with Gasteiger partial charge in [0.1, 0.15) is 6.54 Å². The molecule has 1 fully saturated rings. The zero-order valence-corrected chi connectivity index (χ0v) is 18.5. The molecule has 2 aromatic carbocycles. The molecule has 0 saturated carbocycles. The van der Waals surface area contributed by atoms with Gasteiger partial charge in [-0.25, -0.2) is 13.1 Å². The molecule has 0 N–H and O–H groups in total. The third-order valence-electron chi connectivity index (χ3n) is 5.47. The molecule has 0 unspecified atom stereocenters. The van der Waals surface area contributed by atoms with Gasteiger partial charge in [0.25, 0.3) is 5.56 Å². The topological polar surface area (TPSA) is 92.6 Å². The van der Waals surface area contributed by atoms with E-state index in [1.54, 1.807) is 35.2 Å². The van der Waals surface area contributed by atoms with Crippen LogP contribution in [0.1, 0.15) is 5.56 Å². The number of nitrogens with zero attached hydrogens (tertiary/aromatic N) is 4. The number of carbonyl (C=O) groups is 1. The molecule has 3 aromatic rings. The van der Waals surface area contributed by atoms with Crippen LogP contribution in [0.3, 0.4) is 0 Å². The Hall–Kier alpha value is -3.30. The molecule has 2 heterocycles. The maximum Gasteiger partial charge on any atom is 0.267 e. The Morgan fingerprint density at radius 2 is 1.56 bits per heavy atom. The summed E-state index contributed by atoms with van der Waals surface area (Å²) in [7, 11) is -3.60. The van der Waals surface area contributed by atoms with Gasteiger partial charge < -0.3 is 4.90 Å². The van der Waals surface area contributed by atoms with Gasteiger partial charge >= 0.3 is 0 Å². The Labute approximate surface area is 186 Å². The summed E-state index contributed by atoms with van der Waals surface area (Å²) in [6, 6.07) is 19.2. The van der Waals surface area contributed by atoms with Crippen LogP contribution in [0.4, 0.5) is 0 Å². The Kier molecular flexibility index (Phi) is 6.20. The fourth-order valence-corrected chi connectivity index (χ4v) is 5.01. The highest BCUT2D eigenvalue weighted by Crippen LogP contribution is 2.18. The van der Waals surface area contributed by atoms with E-state index in [0.29, 0.717) is 5.69 Å². The largest absolute Gasteiger partial charge is 0.338 e. The van der Waals surface area contributed by atoms with Crippen molar-refractivity contribution in [2.75, 3.05) is 26.2 Å². The monoisotopic (exact) mass is 452 g/mol. The summed E-state index contributed by atoms with van der Waals surface area (Å²) in [5, 5.41) is 4.33. The van der Waals surface area contributed by atoms with Crippen LogP contribution in [-0.2, 0) is 21.4 Å². The summed E-state index contributed by atoms with van der Waals surface area (Å²) in [5.41, 5.74) is 2.08. The smallest absolute Gasteiger partial charge is 0.267 e. The number of rotatable bonds is 5. The van der Waals surface area contributed by atoms with E-state index >= 15 is 0 Å². The van der Waals surface area contributed by atoms with Crippen molar-refractivity contribution in [2.45, 2.75) is 18.4 Å². The van der Waals surface area contributed by atoms with Gasteiger partial charge in [0.15, 0.2) is 0 Å². The number of carbonyl (C=O) groups excluding carboxylic acids is 1. The minimum Gasteiger partial charge on any atom is -0.338 e. The second-order valence-electron chi connectivity index (χ2n) is 7.68. The summed E-state index contributed by atoms with van der Waals surface area (Å²) in [5.74, 6) is -0.266. The third-order valence-corrected chi connectivity index (χ3v) is 7.38. The van der Waals surface area contributed by atoms with Gasteiger partial charge in [-0.1, -0.05) is 48.0 Å². The highest BCUT2D eigenvalue weighted by atomic mass is 32.2. The lowest BCUT2D eigenvalue weighted by Crippen LogP contribution is -2.51. The molecule has 1 amide bonds. The van der Waals surface area contributed by atoms with Gasteiger partial charge in [-0.2, -0.15) is 9.40 Å². The normalized spacial score (nSPS) is 15.0. The van der Waals surface area contributed by atoms with Crippen LogP contribution in [0.15, 0.2) is 76.4 Å². The van der Waals surface area contributed by atoms with Crippen molar-refractivity contribution in [1.29, 1.82) is 0 Å². The number of aromatic nitrogens is 2. The first-order valence-electron chi connectivity index (χ1n) is 10.3. The third kappa shape index (κ3) is 4.63. The van der Waals surface area contributed by atoms with E-state index in [4.69, 9.17) is 0 Å². The fourth-order valence-electron chi connectivity index (χ4n) is 3.59. The summed E-state index contributed by atoms with van der Waals surface area (Å²) in [6.07, 6.45) is 0. The Bertz CT molecular complexity index is 1260. The number of sulfonamides is 1. The van der Waals surface area contributed by atoms with Crippen molar-refractivity contribution in [3.05, 3.63) is 82.6 Å². The molecular weight excluding hydrogens is 428 g/mol. The number of benzene rings is 2. The molecule has 0 bridgehead atoms. The van der Waals surface area contributed by atoms with Crippen LogP contribution in [0.2, 0.25) is 0 Å². The van der Waals surface area contributed by atoms with E-state index in [1.807, 2.05) is 37.3 Å². The van der Waals surface area contributed by atoms with Crippen molar-refractivity contribution in [2.24, 2.45) is 0 Å². The van der Waals surface area contributed by atoms with Gasteiger partial charge in [0, 0.05) is 37.8 Å². The average Bonchev–Trinajstić information content (AvgIpc) is 2.81. The van der Waals surface area contributed by atoms with Crippen molar-refractivity contribution < 1.29 is 13.2 Å². The molecule has 1 aliphatic rings. The first kappa shape index (κ1) is 21.9. The highest BCUT2D eigenvalue weighted by Gasteiger charge is 2.30. The Balaban J connectivity index is 1.42. The molecule has 0 aliphatic carbocycles. The van der Waals surface area contributed by atoms with Gasteiger partial charge in [-0.05, 0) is 25.1 Å². The molecule has 32 heavy (non-hydrogen) atoms. The van der Waals surface area contributed by atoms with Gasteiger partial charge in [-0.15, -0.1) is 0 Å². The molecule has 1 saturated heterocycles. The predicted molar refractivity (Wildman–Crippen MR) is 120 cm³/mol. The van der Waals surface area contributed by atoms with Crippen LogP contribution in [-0.4, -0.2) is 59.5 Å². The number of hydrogen-bond donors (Lipinski definition) is 0. The lowest BCUT2D eigenvalue weighted by atomic mass is 10.1. The first-order chi connectivity index (χ1) is 15.3. The molecule has 0 atom stereocenters. The molecule has 8 nitrogen and oxygen atoms in total. The van der Waals surface area contributed by atoms with Crippen molar-refractivity contribution in [3.8, 4) is 11.3 Å². The Morgan fingerprint density at radius 3 is 2.22 bits per heavy atom. The lowest BCUT2D eigenvalue weighted by Gasteiger charge is -2.34. The van der Waals surface area contributed by atoms with Crippen molar-refractivity contribution in [3.63, 3.8) is 0 Å². The van der Waals surface area contributed by atoms with Crippen molar-refractivity contribution in [1.82, 2.24) is 19.0 Å². The van der Waals surface area contributed by atoms with E-state index in [1.165, 1.54) is 10.4 Å². The number of amides is 1. The minimum absolute atomic E-state index is 0.190. The molecule has 4 rings (SSSR count). The highest BCUT2D eigenvalue weighted by molar-refractivity contribution is 7.89.